The third kappa shape index (κ3) is 3.30. The van der Waals surface area contributed by atoms with Crippen LogP contribution in [0, 0.1) is 0 Å². The first-order chi connectivity index (χ1) is 18.3. The monoisotopic (exact) mass is 504 g/mol. The lowest BCUT2D eigenvalue weighted by Gasteiger charge is -2.09. The minimum absolute atomic E-state index is 0.0903. The number of carbonyl (C=O) groups is 5. The van der Waals surface area contributed by atoms with E-state index in [2.05, 4.69) is 0 Å². The van der Waals surface area contributed by atoms with Crippen molar-refractivity contribution in [3.05, 3.63) is 118 Å². The number of hydrogen-bond acceptors (Lipinski definition) is 7. The summed E-state index contributed by atoms with van der Waals surface area (Å²) in [6.07, 6.45) is 0. The van der Waals surface area contributed by atoms with Gasteiger partial charge in [0.1, 0.15) is 0 Å². The molecule has 38 heavy (non-hydrogen) atoms. The summed E-state index contributed by atoms with van der Waals surface area (Å²) in [5.74, 6) is -3.44. The van der Waals surface area contributed by atoms with E-state index >= 15 is 0 Å². The molecule has 0 saturated heterocycles. The van der Waals surface area contributed by atoms with E-state index in [-0.39, 0.29) is 38.2 Å². The second kappa shape index (κ2) is 8.41. The molecular formula is C29H16N2O7. The molecule has 2 aliphatic heterocycles. The van der Waals surface area contributed by atoms with Crippen LogP contribution in [0.25, 0.3) is 22.3 Å². The third-order valence-corrected chi connectivity index (χ3v) is 6.70. The fourth-order valence-electron chi connectivity index (χ4n) is 4.80. The SMILES string of the molecule is O=C(c1ccc(-c2cccc3c2C(=O)N(O)C3=O)cc1)c1ccc(-c2cccc3c2C(=O)N(O)C3=O)cc1. The van der Waals surface area contributed by atoms with Crippen molar-refractivity contribution >= 4 is 29.4 Å². The summed E-state index contributed by atoms with van der Waals surface area (Å²) in [6.45, 7) is 0. The quantitative estimate of drug-likeness (QED) is 0.242. The number of hydrogen-bond donors (Lipinski definition) is 2. The summed E-state index contributed by atoms with van der Waals surface area (Å²) >= 11 is 0. The summed E-state index contributed by atoms with van der Waals surface area (Å²) in [5, 5.41) is 19.6. The summed E-state index contributed by atoms with van der Waals surface area (Å²) in [4.78, 5) is 62.0. The number of ketones is 1. The van der Waals surface area contributed by atoms with Crippen molar-refractivity contribution in [2.24, 2.45) is 0 Å². The van der Waals surface area contributed by atoms with Crippen LogP contribution in [0.1, 0.15) is 57.4 Å². The number of nitrogens with zero attached hydrogens (tertiary/aromatic N) is 2. The molecule has 0 fully saturated rings. The Balaban J connectivity index is 1.28. The van der Waals surface area contributed by atoms with Gasteiger partial charge in [0.15, 0.2) is 5.78 Å². The molecule has 0 spiro atoms. The zero-order chi connectivity index (χ0) is 26.7. The molecule has 4 amide bonds. The highest BCUT2D eigenvalue weighted by Crippen LogP contribution is 2.34. The van der Waals surface area contributed by atoms with Crippen LogP contribution in [0.3, 0.4) is 0 Å². The Morgan fingerprint density at radius 3 is 1.18 bits per heavy atom. The van der Waals surface area contributed by atoms with Crippen LogP contribution >= 0.6 is 0 Å². The van der Waals surface area contributed by atoms with E-state index in [1.165, 1.54) is 12.1 Å². The smallest absolute Gasteiger partial charge is 0.286 e. The first kappa shape index (κ1) is 23.2. The van der Waals surface area contributed by atoms with Gasteiger partial charge in [-0.25, -0.2) is 0 Å². The highest BCUT2D eigenvalue weighted by molar-refractivity contribution is 6.24. The standard InChI is InChI=1S/C29H16N2O7/c32-25(17-11-7-15(8-12-17)19-3-1-5-21-23(19)28(35)30(37)26(21)33)18-13-9-16(10-14-18)20-4-2-6-22-24(20)29(36)31(38)27(22)34/h1-14,37-38H. The van der Waals surface area contributed by atoms with Gasteiger partial charge in [-0.3, -0.25) is 34.4 Å². The second-order valence-electron chi connectivity index (χ2n) is 8.78. The first-order valence-corrected chi connectivity index (χ1v) is 11.4. The molecule has 0 aliphatic carbocycles. The zero-order valence-corrected chi connectivity index (χ0v) is 19.4. The molecule has 4 aromatic rings. The minimum Gasteiger partial charge on any atom is -0.289 e. The molecule has 2 aliphatic rings. The Bertz CT molecular complexity index is 1600. The van der Waals surface area contributed by atoms with E-state index in [0.29, 0.717) is 33.4 Å². The zero-order valence-electron chi connectivity index (χ0n) is 19.4. The van der Waals surface area contributed by atoms with Gasteiger partial charge in [0, 0.05) is 11.1 Å². The number of imide groups is 2. The molecule has 9 nitrogen and oxygen atoms in total. The van der Waals surface area contributed by atoms with E-state index in [0.717, 1.165) is 0 Å². The minimum atomic E-state index is -0.803. The van der Waals surface area contributed by atoms with Crippen LogP contribution in [0.15, 0.2) is 84.9 Å². The van der Waals surface area contributed by atoms with E-state index in [1.807, 2.05) is 0 Å². The van der Waals surface area contributed by atoms with Crippen LogP contribution < -0.4 is 0 Å². The summed E-state index contributed by atoms with van der Waals surface area (Å²) in [5.41, 5.74) is 3.32. The lowest BCUT2D eigenvalue weighted by molar-refractivity contribution is -0.0330. The van der Waals surface area contributed by atoms with Crippen molar-refractivity contribution in [1.29, 1.82) is 0 Å². The number of benzene rings is 4. The number of hydroxylamine groups is 4. The van der Waals surface area contributed by atoms with Gasteiger partial charge < -0.3 is 0 Å². The molecule has 0 saturated carbocycles. The van der Waals surface area contributed by atoms with Gasteiger partial charge in [-0.2, -0.15) is 0 Å². The fourth-order valence-corrected chi connectivity index (χ4v) is 4.80. The van der Waals surface area contributed by atoms with Crippen LogP contribution in [0.5, 0.6) is 0 Å². The average Bonchev–Trinajstić information content (AvgIpc) is 3.32. The Morgan fingerprint density at radius 2 is 0.816 bits per heavy atom. The van der Waals surface area contributed by atoms with Crippen LogP contribution in [-0.4, -0.2) is 50.0 Å². The number of fused-ring (bicyclic) bond motifs is 2. The molecule has 0 atom stereocenters. The van der Waals surface area contributed by atoms with Crippen molar-refractivity contribution in [1.82, 2.24) is 10.1 Å². The molecule has 0 aromatic heterocycles. The van der Waals surface area contributed by atoms with Crippen molar-refractivity contribution in [3.63, 3.8) is 0 Å². The predicted molar refractivity (Wildman–Crippen MR) is 132 cm³/mol. The average molecular weight is 504 g/mol. The highest BCUT2D eigenvalue weighted by Gasteiger charge is 2.38. The van der Waals surface area contributed by atoms with Gasteiger partial charge in [-0.1, -0.05) is 72.8 Å². The molecule has 0 radical (unpaired) electrons. The third-order valence-electron chi connectivity index (χ3n) is 6.70. The number of carbonyl (C=O) groups excluding carboxylic acids is 5. The molecule has 0 unspecified atom stereocenters. The summed E-state index contributed by atoms with van der Waals surface area (Å²) in [7, 11) is 0. The van der Waals surface area contributed by atoms with Gasteiger partial charge >= 0.3 is 0 Å². The summed E-state index contributed by atoms with van der Waals surface area (Å²) < 4.78 is 0. The molecular weight excluding hydrogens is 488 g/mol. The van der Waals surface area contributed by atoms with E-state index in [4.69, 9.17) is 0 Å². The molecule has 6 rings (SSSR count). The lowest BCUT2D eigenvalue weighted by atomic mass is 9.93. The lowest BCUT2D eigenvalue weighted by Crippen LogP contribution is -2.25. The molecule has 0 bridgehead atoms. The Hall–Kier alpha value is -5.25. The van der Waals surface area contributed by atoms with Crippen molar-refractivity contribution in [2.75, 3.05) is 0 Å². The molecule has 184 valence electrons. The first-order valence-electron chi connectivity index (χ1n) is 11.4. The second-order valence-corrected chi connectivity index (χ2v) is 8.78. The van der Waals surface area contributed by atoms with Gasteiger partial charge in [0.05, 0.1) is 22.3 Å². The molecule has 9 heteroatoms. The van der Waals surface area contributed by atoms with Crippen LogP contribution in [-0.2, 0) is 0 Å². The van der Waals surface area contributed by atoms with E-state index in [9.17, 15) is 34.4 Å². The largest absolute Gasteiger partial charge is 0.289 e. The van der Waals surface area contributed by atoms with Crippen molar-refractivity contribution < 1.29 is 34.4 Å². The highest BCUT2D eigenvalue weighted by atomic mass is 16.5. The number of amides is 4. The topological polar surface area (TPSA) is 132 Å². The van der Waals surface area contributed by atoms with Crippen LogP contribution in [0.4, 0.5) is 0 Å². The normalized spacial score (nSPS) is 14.3. The predicted octanol–water partition coefficient (Wildman–Crippen LogP) is 4.22. The van der Waals surface area contributed by atoms with Gasteiger partial charge in [-0.05, 0) is 34.4 Å². The Morgan fingerprint density at radius 1 is 0.474 bits per heavy atom. The fraction of sp³-hybridized carbons (Fsp3) is 0. The maximum Gasteiger partial charge on any atom is 0.286 e. The van der Waals surface area contributed by atoms with Gasteiger partial charge in [0.2, 0.25) is 0 Å². The summed E-state index contributed by atoms with van der Waals surface area (Å²) in [6, 6.07) is 22.5. The van der Waals surface area contributed by atoms with E-state index < -0.39 is 23.6 Å². The Kier molecular flexibility index (Phi) is 5.13. The van der Waals surface area contributed by atoms with Crippen molar-refractivity contribution in [2.45, 2.75) is 0 Å². The van der Waals surface area contributed by atoms with Gasteiger partial charge in [-0.15, -0.1) is 10.1 Å². The van der Waals surface area contributed by atoms with Crippen LogP contribution in [0.2, 0.25) is 0 Å². The Labute approximate surface area is 214 Å². The molecule has 2 heterocycles. The van der Waals surface area contributed by atoms with E-state index in [1.54, 1.807) is 72.8 Å². The maximum absolute atomic E-state index is 13.1. The van der Waals surface area contributed by atoms with Gasteiger partial charge in [0.25, 0.3) is 23.6 Å². The maximum atomic E-state index is 13.1. The molecule has 4 aromatic carbocycles. The van der Waals surface area contributed by atoms with Crippen molar-refractivity contribution in [3.8, 4) is 22.3 Å². The number of rotatable bonds is 4. The molecule has 2 N–H and O–H groups in total.